The zero-order chi connectivity index (χ0) is 20.8. The van der Waals surface area contributed by atoms with E-state index in [1.807, 2.05) is 0 Å². The Bertz CT molecular complexity index is 908. The third kappa shape index (κ3) is 4.41. The summed E-state index contributed by atoms with van der Waals surface area (Å²) in [6, 6.07) is 6.26. The van der Waals surface area contributed by atoms with E-state index in [-0.39, 0.29) is 27.6 Å². The zero-order valence-corrected chi connectivity index (χ0v) is 15.8. The van der Waals surface area contributed by atoms with Gasteiger partial charge in [-0.3, -0.25) is 30.6 Å². The molecule has 0 aliphatic heterocycles. The molecular formula is C17H16ClN3O7. The summed E-state index contributed by atoms with van der Waals surface area (Å²) in [5, 5.41) is 11.2. The molecule has 0 aliphatic carbocycles. The number of hydrogen-bond acceptors (Lipinski definition) is 7. The number of rotatable bonds is 6. The second-order valence-corrected chi connectivity index (χ2v) is 5.68. The highest BCUT2D eigenvalue weighted by atomic mass is 35.5. The van der Waals surface area contributed by atoms with E-state index in [2.05, 4.69) is 10.9 Å². The van der Waals surface area contributed by atoms with Crippen molar-refractivity contribution in [3.05, 3.63) is 56.6 Å². The number of ether oxygens (including phenoxy) is 3. The molecule has 0 atom stereocenters. The van der Waals surface area contributed by atoms with E-state index in [1.54, 1.807) is 0 Å². The van der Waals surface area contributed by atoms with E-state index in [0.29, 0.717) is 5.75 Å². The molecule has 2 aromatic carbocycles. The van der Waals surface area contributed by atoms with Gasteiger partial charge >= 0.3 is 0 Å². The number of nitrogens with one attached hydrogen (secondary N) is 2. The van der Waals surface area contributed by atoms with Crippen LogP contribution in [-0.2, 0) is 0 Å². The van der Waals surface area contributed by atoms with Crippen LogP contribution in [0.15, 0.2) is 30.3 Å². The number of nitrogens with zero attached hydrogens (tertiary/aromatic N) is 1. The monoisotopic (exact) mass is 409 g/mol. The summed E-state index contributed by atoms with van der Waals surface area (Å²) in [4.78, 5) is 34.9. The van der Waals surface area contributed by atoms with Gasteiger partial charge in [-0.15, -0.1) is 0 Å². The Morgan fingerprint density at radius 2 is 1.54 bits per heavy atom. The van der Waals surface area contributed by atoms with Crippen molar-refractivity contribution in [1.82, 2.24) is 10.9 Å². The molecule has 0 aliphatic rings. The second-order valence-electron chi connectivity index (χ2n) is 5.24. The number of carbonyl (C=O) groups excluding carboxylic acids is 2. The average Bonchev–Trinajstić information content (AvgIpc) is 2.69. The molecule has 0 spiro atoms. The normalized spacial score (nSPS) is 10.0. The van der Waals surface area contributed by atoms with Gasteiger partial charge in [0.25, 0.3) is 17.5 Å². The Labute approximate surface area is 164 Å². The standard InChI is InChI=1S/C17H16ClN3O7/c1-26-13-6-9(7-14(27-2)15(13)28-3)16(22)19-20-17(23)11-8-10(18)4-5-12(11)21(24)25/h4-8H,1-3H3,(H,19,22)(H,20,23). The lowest BCUT2D eigenvalue weighted by Gasteiger charge is -2.14. The number of nitro benzene ring substituents is 1. The number of hydrazine groups is 1. The largest absolute Gasteiger partial charge is 0.493 e. The maximum absolute atomic E-state index is 12.4. The van der Waals surface area contributed by atoms with E-state index in [4.69, 9.17) is 25.8 Å². The maximum Gasteiger partial charge on any atom is 0.282 e. The predicted octanol–water partition coefficient (Wildman–Crippen LogP) is 2.35. The van der Waals surface area contributed by atoms with Crippen LogP contribution in [0.2, 0.25) is 5.02 Å². The fraction of sp³-hybridized carbons (Fsp3) is 0.176. The summed E-state index contributed by atoms with van der Waals surface area (Å²) in [6.07, 6.45) is 0. The molecule has 0 bridgehead atoms. The molecule has 148 valence electrons. The van der Waals surface area contributed by atoms with Crippen molar-refractivity contribution >= 4 is 29.1 Å². The highest BCUT2D eigenvalue weighted by Crippen LogP contribution is 2.38. The van der Waals surface area contributed by atoms with Crippen LogP contribution in [0.3, 0.4) is 0 Å². The molecule has 11 heteroatoms. The fourth-order valence-electron chi connectivity index (χ4n) is 2.31. The molecular weight excluding hydrogens is 394 g/mol. The van der Waals surface area contributed by atoms with Crippen LogP contribution in [0.25, 0.3) is 0 Å². The minimum atomic E-state index is -0.907. The SMILES string of the molecule is COc1cc(C(=O)NNC(=O)c2cc(Cl)ccc2[N+](=O)[O-])cc(OC)c1OC. The molecule has 0 radical (unpaired) electrons. The Morgan fingerprint density at radius 1 is 0.964 bits per heavy atom. The van der Waals surface area contributed by atoms with Crippen molar-refractivity contribution in [2.24, 2.45) is 0 Å². The van der Waals surface area contributed by atoms with Crippen LogP contribution in [0.5, 0.6) is 17.2 Å². The van der Waals surface area contributed by atoms with Crippen LogP contribution >= 0.6 is 11.6 Å². The number of nitro groups is 1. The van der Waals surface area contributed by atoms with Gasteiger partial charge in [0, 0.05) is 16.7 Å². The van der Waals surface area contributed by atoms with Crippen LogP contribution in [0, 0.1) is 10.1 Å². The lowest BCUT2D eigenvalue weighted by molar-refractivity contribution is -0.385. The van der Waals surface area contributed by atoms with Crippen molar-refractivity contribution in [2.75, 3.05) is 21.3 Å². The number of halogens is 1. The predicted molar refractivity (Wildman–Crippen MR) is 99.1 cm³/mol. The molecule has 2 amide bonds. The Morgan fingerprint density at radius 3 is 2.04 bits per heavy atom. The van der Waals surface area contributed by atoms with Gasteiger partial charge < -0.3 is 14.2 Å². The number of carbonyl (C=O) groups is 2. The quantitative estimate of drug-likeness (QED) is 0.553. The summed E-state index contributed by atoms with van der Waals surface area (Å²) in [5.74, 6) is -0.847. The number of methoxy groups -OCH3 is 3. The smallest absolute Gasteiger partial charge is 0.282 e. The first-order chi connectivity index (χ1) is 13.3. The van der Waals surface area contributed by atoms with Crippen LogP contribution in [-0.4, -0.2) is 38.1 Å². The fourth-order valence-corrected chi connectivity index (χ4v) is 2.49. The molecule has 0 fully saturated rings. The summed E-state index contributed by atoms with van der Waals surface area (Å²) < 4.78 is 15.5. The third-order valence-electron chi connectivity index (χ3n) is 3.62. The molecule has 0 unspecified atom stereocenters. The molecule has 0 saturated heterocycles. The minimum Gasteiger partial charge on any atom is -0.493 e. The Hall–Kier alpha value is -3.53. The van der Waals surface area contributed by atoms with Gasteiger partial charge in [-0.2, -0.15) is 0 Å². The highest BCUT2D eigenvalue weighted by molar-refractivity contribution is 6.31. The Kier molecular flexibility index (Phi) is 6.61. The van der Waals surface area contributed by atoms with Gasteiger partial charge in [-0.1, -0.05) is 11.6 Å². The van der Waals surface area contributed by atoms with Crippen molar-refractivity contribution in [3.63, 3.8) is 0 Å². The molecule has 0 aromatic heterocycles. The summed E-state index contributed by atoms with van der Waals surface area (Å²) in [7, 11) is 4.19. The second kappa shape index (κ2) is 8.91. The van der Waals surface area contributed by atoms with Crippen molar-refractivity contribution < 1.29 is 28.7 Å². The van der Waals surface area contributed by atoms with E-state index >= 15 is 0 Å². The maximum atomic E-state index is 12.4. The number of benzene rings is 2. The highest BCUT2D eigenvalue weighted by Gasteiger charge is 2.22. The first kappa shape index (κ1) is 20.8. The average molecular weight is 410 g/mol. The van der Waals surface area contributed by atoms with E-state index < -0.39 is 22.4 Å². The van der Waals surface area contributed by atoms with Gasteiger partial charge in [-0.25, -0.2) is 0 Å². The van der Waals surface area contributed by atoms with E-state index in [1.165, 1.54) is 39.5 Å². The molecule has 28 heavy (non-hydrogen) atoms. The zero-order valence-electron chi connectivity index (χ0n) is 15.1. The lowest BCUT2D eigenvalue weighted by Crippen LogP contribution is -2.41. The van der Waals surface area contributed by atoms with Gasteiger partial charge in [-0.05, 0) is 24.3 Å². The van der Waals surface area contributed by atoms with Gasteiger partial charge in [0.2, 0.25) is 5.75 Å². The lowest BCUT2D eigenvalue weighted by atomic mass is 10.1. The number of hydrogen-bond donors (Lipinski definition) is 2. The van der Waals surface area contributed by atoms with E-state index in [9.17, 15) is 19.7 Å². The summed E-state index contributed by atoms with van der Waals surface area (Å²) in [5.41, 5.74) is 3.61. The van der Waals surface area contributed by atoms with E-state index in [0.717, 1.165) is 12.1 Å². The minimum absolute atomic E-state index is 0.0930. The first-order valence-electron chi connectivity index (χ1n) is 7.67. The van der Waals surface area contributed by atoms with Crippen LogP contribution < -0.4 is 25.1 Å². The van der Waals surface area contributed by atoms with Gasteiger partial charge in [0.15, 0.2) is 11.5 Å². The van der Waals surface area contributed by atoms with Crippen molar-refractivity contribution in [3.8, 4) is 17.2 Å². The summed E-state index contributed by atoms with van der Waals surface area (Å²) in [6.45, 7) is 0. The van der Waals surface area contributed by atoms with Gasteiger partial charge in [0.05, 0.1) is 26.3 Å². The molecule has 0 saturated carbocycles. The van der Waals surface area contributed by atoms with Crippen LogP contribution in [0.1, 0.15) is 20.7 Å². The molecule has 0 heterocycles. The topological polar surface area (TPSA) is 129 Å². The van der Waals surface area contributed by atoms with Crippen molar-refractivity contribution in [1.29, 1.82) is 0 Å². The molecule has 10 nitrogen and oxygen atoms in total. The number of amides is 2. The van der Waals surface area contributed by atoms with Gasteiger partial charge in [0.1, 0.15) is 5.56 Å². The van der Waals surface area contributed by atoms with Crippen molar-refractivity contribution in [2.45, 2.75) is 0 Å². The molecule has 2 rings (SSSR count). The summed E-state index contributed by atoms with van der Waals surface area (Å²) >= 11 is 5.79. The third-order valence-corrected chi connectivity index (χ3v) is 3.85. The van der Waals surface area contributed by atoms with Crippen LogP contribution in [0.4, 0.5) is 5.69 Å². The first-order valence-corrected chi connectivity index (χ1v) is 8.04. The Balaban J connectivity index is 2.22. The molecule has 2 aromatic rings. The molecule has 2 N–H and O–H groups in total.